The van der Waals surface area contributed by atoms with Gasteiger partial charge in [0.25, 0.3) is 0 Å². The summed E-state index contributed by atoms with van der Waals surface area (Å²) in [5, 5.41) is 9.32. The summed E-state index contributed by atoms with van der Waals surface area (Å²) < 4.78 is 5.39. The lowest BCUT2D eigenvalue weighted by molar-refractivity contribution is 0.414. The van der Waals surface area contributed by atoms with Crippen molar-refractivity contribution in [2.75, 3.05) is 19.1 Å². The molecule has 0 bridgehead atoms. The highest BCUT2D eigenvalue weighted by atomic mass is 35.5. The molecule has 1 unspecified atom stereocenters. The third kappa shape index (κ3) is 1.59. The molecular formula is C12H14ClN5O. The highest BCUT2D eigenvalue weighted by Crippen LogP contribution is 2.48. The lowest BCUT2D eigenvalue weighted by atomic mass is 9.98. The summed E-state index contributed by atoms with van der Waals surface area (Å²) in [5.74, 6) is 0.653. The number of halogens is 1. The normalized spacial score (nSPS) is 17.1. The van der Waals surface area contributed by atoms with Gasteiger partial charge in [0.05, 0.1) is 30.6 Å². The molecule has 100 valence electrons. The first-order chi connectivity index (χ1) is 9.04. The van der Waals surface area contributed by atoms with E-state index in [9.17, 15) is 0 Å². The van der Waals surface area contributed by atoms with Crippen LogP contribution >= 0.6 is 11.6 Å². The van der Waals surface area contributed by atoms with Crippen LogP contribution in [0.3, 0.4) is 0 Å². The maximum Gasteiger partial charge on any atom is 0.153 e. The molecule has 0 spiro atoms. The highest BCUT2D eigenvalue weighted by molar-refractivity contribution is 6.33. The van der Waals surface area contributed by atoms with E-state index in [0.29, 0.717) is 10.9 Å². The van der Waals surface area contributed by atoms with Gasteiger partial charge in [-0.05, 0) is 6.92 Å². The number of hydrogen-bond donors (Lipinski definition) is 0. The number of nitrogens with zero attached hydrogens (tertiary/aromatic N) is 5. The van der Waals surface area contributed by atoms with E-state index in [4.69, 9.17) is 16.3 Å². The van der Waals surface area contributed by atoms with Crippen LogP contribution in [0.4, 0.5) is 5.69 Å². The van der Waals surface area contributed by atoms with E-state index in [2.05, 4.69) is 22.1 Å². The first-order valence-electron chi connectivity index (χ1n) is 5.91. The Labute approximate surface area is 115 Å². The summed E-state index contributed by atoms with van der Waals surface area (Å²) in [5.41, 5.74) is 3.41. The van der Waals surface area contributed by atoms with E-state index in [1.165, 1.54) is 0 Å². The minimum Gasteiger partial charge on any atom is -0.494 e. The quantitative estimate of drug-likeness (QED) is 0.748. The Hall–Kier alpha value is -1.82. The van der Waals surface area contributed by atoms with Crippen molar-refractivity contribution in [3.8, 4) is 17.0 Å². The van der Waals surface area contributed by atoms with Gasteiger partial charge < -0.3 is 9.64 Å². The number of methoxy groups -OCH3 is 1. The topological polar surface area (TPSA) is 56.1 Å². The van der Waals surface area contributed by atoms with Gasteiger partial charge in [0, 0.05) is 14.1 Å². The zero-order chi connectivity index (χ0) is 13.7. The van der Waals surface area contributed by atoms with Crippen LogP contribution in [0, 0.1) is 0 Å². The second kappa shape index (κ2) is 4.09. The molecule has 7 heteroatoms. The van der Waals surface area contributed by atoms with Crippen molar-refractivity contribution in [1.29, 1.82) is 0 Å². The molecule has 0 aliphatic carbocycles. The van der Waals surface area contributed by atoms with Gasteiger partial charge in [-0.15, -0.1) is 0 Å². The molecule has 0 radical (unpaired) electrons. The smallest absolute Gasteiger partial charge is 0.153 e. The summed E-state index contributed by atoms with van der Waals surface area (Å²) in [4.78, 5) is 7.78. The minimum atomic E-state index is 0.0857. The predicted octanol–water partition coefficient (Wildman–Crippen LogP) is 2.05. The molecule has 3 rings (SSSR count). The van der Waals surface area contributed by atoms with Crippen LogP contribution in [-0.4, -0.2) is 34.1 Å². The van der Waals surface area contributed by atoms with Crippen LogP contribution in [0.25, 0.3) is 11.3 Å². The Bertz CT molecular complexity index is 654. The van der Waals surface area contributed by atoms with E-state index in [-0.39, 0.29) is 6.04 Å². The van der Waals surface area contributed by atoms with Gasteiger partial charge in [-0.1, -0.05) is 11.6 Å². The molecule has 19 heavy (non-hydrogen) atoms. The first kappa shape index (κ1) is 12.2. The fourth-order valence-corrected chi connectivity index (χ4v) is 2.70. The zero-order valence-corrected chi connectivity index (χ0v) is 11.9. The summed E-state index contributed by atoms with van der Waals surface area (Å²) in [7, 11) is 5.38. The van der Waals surface area contributed by atoms with Gasteiger partial charge in [0.15, 0.2) is 5.15 Å². The van der Waals surface area contributed by atoms with Gasteiger partial charge in [-0.2, -0.15) is 15.0 Å². The average Bonchev–Trinajstić information content (AvgIpc) is 2.77. The van der Waals surface area contributed by atoms with Crippen molar-refractivity contribution in [3.05, 3.63) is 17.0 Å². The van der Waals surface area contributed by atoms with Crippen molar-refractivity contribution in [2.24, 2.45) is 7.05 Å². The van der Waals surface area contributed by atoms with Gasteiger partial charge in [-0.25, -0.2) is 4.98 Å². The van der Waals surface area contributed by atoms with Crippen molar-refractivity contribution < 1.29 is 4.74 Å². The number of aromatic nitrogens is 4. The third-order valence-corrected chi connectivity index (χ3v) is 3.78. The summed E-state index contributed by atoms with van der Waals surface area (Å²) in [6.07, 6.45) is 1.61. The van der Waals surface area contributed by atoms with Crippen LogP contribution in [0.2, 0.25) is 5.15 Å². The van der Waals surface area contributed by atoms with Crippen LogP contribution in [0.15, 0.2) is 6.20 Å². The maximum absolute atomic E-state index is 6.24. The van der Waals surface area contributed by atoms with Gasteiger partial charge in [-0.3, -0.25) is 0 Å². The molecule has 2 aromatic rings. The third-order valence-electron chi connectivity index (χ3n) is 3.50. The molecule has 0 saturated heterocycles. The second-order valence-electron chi connectivity index (χ2n) is 4.55. The minimum absolute atomic E-state index is 0.0857. The predicted molar refractivity (Wildman–Crippen MR) is 72.6 cm³/mol. The molecular weight excluding hydrogens is 266 g/mol. The Balaban J connectivity index is 2.39. The number of rotatable bonds is 1. The molecule has 0 aromatic carbocycles. The Morgan fingerprint density at radius 2 is 2.05 bits per heavy atom. The van der Waals surface area contributed by atoms with Crippen molar-refractivity contribution in [1.82, 2.24) is 20.0 Å². The van der Waals surface area contributed by atoms with Crippen LogP contribution < -0.4 is 9.64 Å². The number of aryl methyl sites for hydroxylation is 1. The molecule has 1 aliphatic rings. The van der Waals surface area contributed by atoms with E-state index in [1.807, 2.05) is 11.9 Å². The van der Waals surface area contributed by atoms with Crippen LogP contribution in [-0.2, 0) is 7.05 Å². The Morgan fingerprint density at radius 3 is 2.74 bits per heavy atom. The molecule has 0 fully saturated rings. The van der Waals surface area contributed by atoms with E-state index in [0.717, 1.165) is 22.6 Å². The van der Waals surface area contributed by atoms with Crippen LogP contribution in [0.5, 0.6) is 5.75 Å². The molecule has 3 heterocycles. The SMILES string of the molecule is COc1cnc(Cl)c2c1-c1nn(C)nc1C(C)N2C. The van der Waals surface area contributed by atoms with E-state index in [1.54, 1.807) is 25.2 Å². The lowest BCUT2D eigenvalue weighted by Crippen LogP contribution is -2.27. The average molecular weight is 280 g/mol. The van der Waals surface area contributed by atoms with Gasteiger partial charge in [0.1, 0.15) is 17.1 Å². The summed E-state index contributed by atoms with van der Waals surface area (Å²) in [6.45, 7) is 2.06. The van der Waals surface area contributed by atoms with Crippen molar-refractivity contribution >= 4 is 17.3 Å². The fourth-order valence-electron chi connectivity index (χ4n) is 2.42. The first-order valence-corrected chi connectivity index (χ1v) is 6.29. The molecule has 0 saturated carbocycles. The number of pyridine rings is 1. The van der Waals surface area contributed by atoms with Gasteiger partial charge in [0.2, 0.25) is 0 Å². The van der Waals surface area contributed by atoms with Crippen molar-refractivity contribution in [3.63, 3.8) is 0 Å². The van der Waals surface area contributed by atoms with Crippen LogP contribution in [0.1, 0.15) is 18.7 Å². The highest BCUT2D eigenvalue weighted by Gasteiger charge is 2.34. The Morgan fingerprint density at radius 1 is 1.32 bits per heavy atom. The molecule has 2 aromatic heterocycles. The number of fused-ring (bicyclic) bond motifs is 3. The molecule has 1 aliphatic heterocycles. The summed E-state index contributed by atoms with van der Waals surface area (Å²) >= 11 is 6.24. The van der Waals surface area contributed by atoms with Gasteiger partial charge >= 0.3 is 0 Å². The maximum atomic E-state index is 6.24. The van der Waals surface area contributed by atoms with E-state index >= 15 is 0 Å². The zero-order valence-electron chi connectivity index (χ0n) is 11.2. The lowest BCUT2D eigenvalue weighted by Gasteiger charge is -2.32. The summed E-state index contributed by atoms with van der Waals surface area (Å²) in [6, 6.07) is 0.0857. The largest absolute Gasteiger partial charge is 0.494 e. The standard InChI is InChI=1S/C12H14ClN5O/c1-6-9-10(16-18(3)15-9)8-7(19-4)5-14-12(13)11(8)17(6)2/h5-6H,1-4H3. The molecule has 1 atom stereocenters. The molecule has 6 nitrogen and oxygen atoms in total. The molecule has 0 amide bonds. The van der Waals surface area contributed by atoms with Crippen molar-refractivity contribution in [2.45, 2.75) is 13.0 Å². The number of ether oxygens (including phenoxy) is 1. The number of anilines is 1. The fraction of sp³-hybridized carbons (Fsp3) is 0.417. The van der Waals surface area contributed by atoms with E-state index < -0.39 is 0 Å². The second-order valence-corrected chi connectivity index (χ2v) is 4.91. The number of hydrogen-bond acceptors (Lipinski definition) is 5. The Kier molecular flexibility index (Phi) is 2.63. The monoisotopic (exact) mass is 279 g/mol. The molecule has 0 N–H and O–H groups in total.